The Labute approximate surface area is 182 Å². The number of carbonyl (C=O) groups excluding carboxylic acids is 2. The zero-order chi connectivity index (χ0) is 22.4. The summed E-state index contributed by atoms with van der Waals surface area (Å²) in [6.07, 6.45) is 3.36. The summed E-state index contributed by atoms with van der Waals surface area (Å²) in [5, 5.41) is 3.01. The van der Waals surface area contributed by atoms with Gasteiger partial charge in [-0.3, -0.25) is 9.59 Å². The van der Waals surface area contributed by atoms with Crippen LogP contribution in [0.15, 0.2) is 34.9 Å². The lowest BCUT2D eigenvalue weighted by Gasteiger charge is -2.21. The van der Waals surface area contributed by atoms with Gasteiger partial charge >= 0.3 is 0 Å². The van der Waals surface area contributed by atoms with Crippen molar-refractivity contribution in [3.8, 4) is 17.2 Å². The van der Waals surface area contributed by atoms with Crippen molar-refractivity contribution in [2.75, 3.05) is 41.0 Å². The number of nitrogens with one attached hydrogen (secondary N) is 1. The number of benzene rings is 1. The fourth-order valence-corrected chi connectivity index (χ4v) is 3.96. The number of methoxy groups -OCH3 is 3. The third kappa shape index (κ3) is 4.78. The number of hydrogen-bond donors (Lipinski definition) is 1. The van der Waals surface area contributed by atoms with Gasteiger partial charge in [0, 0.05) is 25.6 Å². The molecule has 1 aliphatic rings. The molecule has 1 aliphatic heterocycles. The van der Waals surface area contributed by atoms with Gasteiger partial charge in [-0.25, -0.2) is 0 Å². The predicted octanol–water partition coefficient (Wildman–Crippen LogP) is 3.08. The molecule has 0 bridgehead atoms. The van der Waals surface area contributed by atoms with Crippen molar-refractivity contribution >= 4 is 11.8 Å². The van der Waals surface area contributed by atoms with E-state index in [0.29, 0.717) is 36.9 Å². The van der Waals surface area contributed by atoms with Crippen LogP contribution < -0.4 is 19.5 Å². The van der Waals surface area contributed by atoms with Gasteiger partial charge in [-0.2, -0.15) is 0 Å². The van der Waals surface area contributed by atoms with Crippen LogP contribution in [0.5, 0.6) is 17.2 Å². The van der Waals surface area contributed by atoms with Gasteiger partial charge < -0.3 is 28.8 Å². The van der Waals surface area contributed by atoms with Crippen LogP contribution in [0.3, 0.4) is 0 Å². The topological polar surface area (TPSA) is 90.2 Å². The Bertz CT molecular complexity index is 870. The van der Waals surface area contributed by atoms with E-state index in [0.717, 1.165) is 18.4 Å². The Hall–Kier alpha value is -3.16. The summed E-state index contributed by atoms with van der Waals surface area (Å²) in [4.78, 5) is 27.6. The van der Waals surface area contributed by atoms with Gasteiger partial charge in [-0.05, 0) is 36.2 Å². The van der Waals surface area contributed by atoms with Crippen molar-refractivity contribution in [3.05, 3.63) is 41.9 Å². The van der Waals surface area contributed by atoms with Crippen molar-refractivity contribution in [2.24, 2.45) is 5.92 Å². The largest absolute Gasteiger partial charge is 0.493 e. The minimum atomic E-state index is -0.404. The van der Waals surface area contributed by atoms with Crippen LogP contribution in [0.25, 0.3) is 0 Å². The van der Waals surface area contributed by atoms with Gasteiger partial charge in [0.15, 0.2) is 17.3 Å². The molecule has 1 aromatic carbocycles. The number of unbranched alkanes of at least 4 members (excludes halogenated alkanes) is 1. The molecule has 168 valence electrons. The van der Waals surface area contributed by atoms with E-state index in [1.807, 2.05) is 12.1 Å². The number of likely N-dealkylation sites (tertiary alicyclic amines) is 1. The molecule has 8 heteroatoms. The lowest BCUT2D eigenvalue weighted by Crippen LogP contribution is -2.36. The molecule has 0 radical (unpaired) electrons. The van der Waals surface area contributed by atoms with Crippen LogP contribution in [0.2, 0.25) is 0 Å². The molecule has 0 spiro atoms. The van der Waals surface area contributed by atoms with E-state index in [4.69, 9.17) is 18.6 Å². The van der Waals surface area contributed by atoms with Gasteiger partial charge in [-0.1, -0.05) is 13.3 Å². The normalized spacial score (nSPS) is 18.0. The smallest absolute Gasteiger partial charge is 0.289 e. The fraction of sp³-hybridized carbons (Fsp3) is 0.478. The van der Waals surface area contributed by atoms with Gasteiger partial charge in [0.2, 0.25) is 11.7 Å². The summed E-state index contributed by atoms with van der Waals surface area (Å²) in [6.45, 7) is 3.37. The van der Waals surface area contributed by atoms with Crippen LogP contribution in [0.1, 0.15) is 41.8 Å². The molecule has 0 aliphatic carbocycles. The van der Waals surface area contributed by atoms with Crippen molar-refractivity contribution in [1.82, 2.24) is 10.2 Å². The molecule has 2 atom stereocenters. The van der Waals surface area contributed by atoms with Crippen molar-refractivity contribution in [1.29, 1.82) is 0 Å². The summed E-state index contributed by atoms with van der Waals surface area (Å²) in [5.41, 5.74) is 0.847. The molecular weight excluding hydrogens is 400 g/mol. The van der Waals surface area contributed by atoms with E-state index >= 15 is 0 Å². The summed E-state index contributed by atoms with van der Waals surface area (Å²) in [7, 11) is 4.65. The minimum Gasteiger partial charge on any atom is -0.493 e. The summed E-state index contributed by atoms with van der Waals surface area (Å²) in [6, 6.07) is 7.00. The second-order valence-corrected chi connectivity index (χ2v) is 7.50. The Morgan fingerprint density at radius 2 is 1.84 bits per heavy atom. The molecule has 1 fully saturated rings. The van der Waals surface area contributed by atoms with E-state index in [1.54, 1.807) is 38.4 Å². The third-order valence-corrected chi connectivity index (χ3v) is 5.62. The number of nitrogens with zero attached hydrogens (tertiary/aromatic N) is 1. The molecule has 2 heterocycles. The molecule has 31 heavy (non-hydrogen) atoms. The van der Waals surface area contributed by atoms with Crippen molar-refractivity contribution < 1.29 is 28.2 Å². The van der Waals surface area contributed by atoms with E-state index in [2.05, 4.69) is 12.2 Å². The summed E-state index contributed by atoms with van der Waals surface area (Å²) < 4.78 is 21.7. The lowest BCUT2D eigenvalue weighted by atomic mass is 9.88. The molecule has 3 rings (SSSR count). The van der Waals surface area contributed by atoms with Crippen LogP contribution in [-0.4, -0.2) is 57.7 Å². The van der Waals surface area contributed by atoms with Gasteiger partial charge in [0.1, 0.15) is 0 Å². The Morgan fingerprint density at radius 3 is 2.39 bits per heavy atom. The van der Waals surface area contributed by atoms with Crippen LogP contribution in [0.4, 0.5) is 0 Å². The zero-order valence-corrected chi connectivity index (χ0v) is 18.5. The molecule has 0 saturated carbocycles. The monoisotopic (exact) mass is 430 g/mol. The molecule has 2 amide bonds. The zero-order valence-electron chi connectivity index (χ0n) is 18.5. The predicted molar refractivity (Wildman–Crippen MR) is 115 cm³/mol. The molecule has 1 N–H and O–H groups in total. The van der Waals surface area contributed by atoms with Crippen LogP contribution in [-0.2, 0) is 4.79 Å². The summed E-state index contributed by atoms with van der Waals surface area (Å²) in [5.74, 6) is 0.839. The van der Waals surface area contributed by atoms with Crippen molar-refractivity contribution in [2.45, 2.75) is 25.7 Å². The third-order valence-electron chi connectivity index (χ3n) is 5.62. The average molecular weight is 431 g/mol. The number of carbonyl (C=O) groups is 2. The number of amides is 2. The molecule has 2 aromatic rings. The Morgan fingerprint density at radius 1 is 1.13 bits per heavy atom. The maximum atomic E-state index is 13.0. The standard InChI is InChI=1S/C23H30N2O6/c1-5-6-9-24-22(26)17-14-25(23(27)18-8-7-10-31-18)13-16(17)15-11-19(28-2)21(30-4)20(12-15)29-3/h7-8,10-12,16-17H,5-6,9,13-14H2,1-4H3,(H,24,26)/t16-,17-/m0/s1. The maximum absolute atomic E-state index is 13.0. The number of ether oxygens (including phenoxy) is 3. The van der Waals surface area contributed by atoms with Gasteiger partial charge in [0.05, 0.1) is 33.5 Å². The van der Waals surface area contributed by atoms with Crippen LogP contribution in [0, 0.1) is 5.92 Å². The number of hydrogen-bond acceptors (Lipinski definition) is 6. The second-order valence-electron chi connectivity index (χ2n) is 7.50. The first kappa shape index (κ1) is 22.5. The molecule has 1 aromatic heterocycles. The van der Waals surface area contributed by atoms with E-state index in [9.17, 15) is 9.59 Å². The first-order chi connectivity index (χ1) is 15.0. The number of rotatable bonds is 9. The first-order valence-electron chi connectivity index (χ1n) is 10.4. The van der Waals surface area contributed by atoms with Crippen LogP contribution >= 0.6 is 0 Å². The fourth-order valence-electron chi connectivity index (χ4n) is 3.96. The van der Waals surface area contributed by atoms with E-state index in [-0.39, 0.29) is 23.5 Å². The lowest BCUT2D eigenvalue weighted by molar-refractivity contribution is -0.124. The molecule has 0 unspecified atom stereocenters. The molecule has 8 nitrogen and oxygen atoms in total. The first-order valence-corrected chi connectivity index (χ1v) is 10.4. The molecule has 1 saturated heterocycles. The van der Waals surface area contributed by atoms with E-state index in [1.165, 1.54) is 6.26 Å². The highest BCUT2D eigenvalue weighted by molar-refractivity contribution is 5.92. The second kappa shape index (κ2) is 10.2. The summed E-state index contributed by atoms with van der Waals surface area (Å²) >= 11 is 0. The highest BCUT2D eigenvalue weighted by Gasteiger charge is 2.41. The highest BCUT2D eigenvalue weighted by Crippen LogP contribution is 2.43. The Balaban J connectivity index is 1.94. The van der Waals surface area contributed by atoms with Gasteiger partial charge in [-0.15, -0.1) is 0 Å². The maximum Gasteiger partial charge on any atom is 0.289 e. The molecular formula is C23H30N2O6. The van der Waals surface area contributed by atoms with Crippen molar-refractivity contribution in [3.63, 3.8) is 0 Å². The van der Waals surface area contributed by atoms with E-state index < -0.39 is 5.92 Å². The average Bonchev–Trinajstić information content (AvgIpc) is 3.48. The highest BCUT2D eigenvalue weighted by atomic mass is 16.5. The quantitative estimate of drug-likeness (QED) is 0.615. The minimum absolute atomic E-state index is 0.0676. The Kier molecular flexibility index (Phi) is 7.44. The number of furan rings is 1. The van der Waals surface area contributed by atoms with Gasteiger partial charge in [0.25, 0.3) is 5.91 Å². The SMILES string of the molecule is CCCCNC(=O)[C@H]1CN(C(=O)c2ccco2)C[C@H]1c1cc(OC)c(OC)c(OC)c1.